The maximum atomic E-state index is 12.4. The number of carbonyl (C=O) groups excluding carboxylic acids is 1. The zero-order valence-electron chi connectivity index (χ0n) is 7.36. The Morgan fingerprint density at radius 2 is 2.29 bits per heavy atom. The number of alkyl halides is 2. The number of fused-ring (bicyclic) bond motifs is 1. The molecule has 1 unspecified atom stereocenters. The van der Waals surface area contributed by atoms with E-state index >= 15 is 0 Å². The van der Waals surface area contributed by atoms with Gasteiger partial charge in [-0.15, -0.1) is 10.2 Å². The van der Waals surface area contributed by atoms with Crippen LogP contribution in [0.25, 0.3) is 0 Å². The topological polar surface area (TPSA) is 47.8 Å². The summed E-state index contributed by atoms with van der Waals surface area (Å²) in [5, 5.41) is 7.06. The van der Waals surface area contributed by atoms with E-state index in [1.807, 2.05) is 0 Å². The summed E-state index contributed by atoms with van der Waals surface area (Å²) < 4.78 is 26.2. The highest BCUT2D eigenvalue weighted by Gasteiger charge is 2.25. The minimum Gasteiger partial charge on any atom is -0.310 e. The van der Waals surface area contributed by atoms with Crippen LogP contribution in [0.1, 0.15) is 24.5 Å². The molecule has 2 rings (SSSR count). The van der Waals surface area contributed by atoms with Crippen LogP contribution in [0, 0.1) is 5.92 Å². The summed E-state index contributed by atoms with van der Waals surface area (Å²) in [7, 11) is 0. The predicted molar refractivity (Wildman–Crippen MR) is 42.9 cm³/mol. The molecule has 4 nitrogen and oxygen atoms in total. The first-order valence-electron chi connectivity index (χ1n) is 4.37. The number of rotatable bonds is 2. The molecule has 14 heavy (non-hydrogen) atoms. The van der Waals surface area contributed by atoms with Gasteiger partial charge < -0.3 is 9.36 Å². The van der Waals surface area contributed by atoms with Gasteiger partial charge in [-0.3, -0.25) is 0 Å². The molecule has 0 saturated heterocycles. The molecule has 1 aliphatic rings. The van der Waals surface area contributed by atoms with Crippen molar-refractivity contribution in [2.24, 2.45) is 5.92 Å². The Bertz CT molecular complexity index is 350. The monoisotopic (exact) mass is 201 g/mol. The molecule has 0 bridgehead atoms. The minimum absolute atomic E-state index is 0.0998. The molecule has 0 radical (unpaired) electrons. The van der Waals surface area contributed by atoms with E-state index in [0.717, 1.165) is 6.29 Å². The van der Waals surface area contributed by atoms with Crippen molar-refractivity contribution in [3.8, 4) is 0 Å². The molecule has 1 aromatic heterocycles. The maximum absolute atomic E-state index is 12.4. The lowest BCUT2D eigenvalue weighted by atomic mass is 10.00. The number of aromatic nitrogens is 3. The van der Waals surface area contributed by atoms with E-state index in [1.54, 1.807) is 0 Å². The fraction of sp³-hybridized carbons (Fsp3) is 0.625. The van der Waals surface area contributed by atoms with Crippen molar-refractivity contribution in [2.45, 2.75) is 25.8 Å². The number of aldehydes is 1. The van der Waals surface area contributed by atoms with Gasteiger partial charge in [0.15, 0.2) is 5.82 Å². The second-order valence-corrected chi connectivity index (χ2v) is 3.32. The zero-order valence-corrected chi connectivity index (χ0v) is 7.36. The molecule has 2 heterocycles. The number of halogens is 2. The van der Waals surface area contributed by atoms with E-state index in [1.165, 1.54) is 4.57 Å². The molecule has 0 amide bonds. The minimum atomic E-state index is -2.59. The summed E-state index contributed by atoms with van der Waals surface area (Å²) in [6, 6.07) is 0. The molecule has 1 aliphatic heterocycles. The number of hydrogen-bond acceptors (Lipinski definition) is 3. The lowest BCUT2D eigenvalue weighted by Crippen LogP contribution is -2.21. The first-order valence-corrected chi connectivity index (χ1v) is 4.37. The van der Waals surface area contributed by atoms with Crippen LogP contribution in [0.15, 0.2) is 0 Å². The van der Waals surface area contributed by atoms with Gasteiger partial charge in [0.1, 0.15) is 12.1 Å². The number of carbonyl (C=O) groups is 1. The summed E-state index contributed by atoms with van der Waals surface area (Å²) in [4.78, 5) is 10.5. The van der Waals surface area contributed by atoms with E-state index < -0.39 is 6.43 Å². The van der Waals surface area contributed by atoms with Crippen molar-refractivity contribution in [2.75, 3.05) is 0 Å². The molecule has 0 fully saturated rings. The van der Waals surface area contributed by atoms with Crippen LogP contribution in [0.2, 0.25) is 0 Å². The summed E-state index contributed by atoms with van der Waals surface area (Å²) in [6.07, 6.45) is -0.735. The normalized spacial score (nSPS) is 20.9. The van der Waals surface area contributed by atoms with E-state index in [2.05, 4.69) is 10.2 Å². The van der Waals surface area contributed by atoms with Gasteiger partial charge in [0.2, 0.25) is 0 Å². The van der Waals surface area contributed by atoms with Crippen LogP contribution >= 0.6 is 0 Å². The second-order valence-electron chi connectivity index (χ2n) is 3.32. The molecule has 1 aromatic rings. The van der Waals surface area contributed by atoms with E-state index in [9.17, 15) is 13.6 Å². The Morgan fingerprint density at radius 1 is 1.50 bits per heavy atom. The van der Waals surface area contributed by atoms with Gasteiger partial charge in [-0.25, -0.2) is 8.78 Å². The largest absolute Gasteiger partial charge is 0.310 e. The van der Waals surface area contributed by atoms with Crippen molar-refractivity contribution in [1.29, 1.82) is 0 Å². The second kappa shape index (κ2) is 3.43. The maximum Gasteiger partial charge on any atom is 0.297 e. The van der Waals surface area contributed by atoms with Gasteiger partial charge in [0.05, 0.1) is 0 Å². The molecule has 1 atom stereocenters. The van der Waals surface area contributed by atoms with Gasteiger partial charge in [-0.1, -0.05) is 0 Å². The Hall–Kier alpha value is -1.33. The average Bonchev–Trinajstić information content (AvgIpc) is 2.59. The van der Waals surface area contributed by atoms with Crippen molar-refractivity contribution in [3.63, 3.8) is 0 Å². The van der Waals surface area contributed by atoms with E-state index in [0.29, 0.717) is 25.2 Å². The zero-order chi connectivity index (χ0) is 10.1. The molecular weight excluding hydrogens is 192 g/mol. The van der Waals surface area contributed by atoms with Gasteiger partial charge in [0.25, 0.3) is 6.43 Å². The van der Waals surface area contributed by atoms with Crippen LogP contribution in [-0.2, 0) is 17.8 Å². The first kappa shape index (κ1) is 9.23. The highest BCUT2D eigenvalue weighted by atomic mass is 19.3. The van der Waals surface area contributed by atoms with Gasteiger partial charge in [-0.2, -0.15) is 0 Å². The molecule has 0 aliphatic carbocycles. The lowest BCUT2D eigenvalue weighted by Gasteiger charge is -2.18. The fourth-order valence-corrected chi connectivity index (χ4v) is 1.65. The molecule has 0 saturated carbocycles. The molecule has 76 valence electrons. The van der Waals surface area contributed by atoms with E-state index in [-0.39, 0.29) is 11.7 Å². The highest BCUT2D eigenvalue weighted by molar-refractivity contribution is 5.54. The third-order valence-corrected chi connectivity index (χ3v) is 2.41. The Labute approximate surface area is 78.9 Å². The fourth-order valence-electron chi connectivity index (χ4n) is 1.65. The Balaban J connectivity index is 2.29. The summed E-state index contributed by atoms with van der Waals surface area (Å²) >= 11 is 0. The first-order chi connectivity index (χ1) is 6.72. The Kier molecular flexibility index (Phi) is 2.26. The van der Waals surface area contributed by atoms with Crippen LogP contribution in [-0.4, -0.2) is 21.1 Å². The van der Waals surface area contributed by atoms with Crippen LogP contribution in [0.3, 0.4) is 0 Å². The quantitative estimate of drug-likeness (QED) is 0.670. The molecule has 0 spiro atoms. The molecule has 6 heteroatoms. The third-order valence-electron chi connectivity index (χ3n) is 2.41. The number of nitrogens with zero attached hydrogens (tertiary/aromatic N) is 3. The summed E-state index contributed by atoms with van der Waals surface area (Å²) in [5.74, 6) is 0.102. The molecule has 0 aromatic carbocycles. The summed E-state index contributed by atoms with van der Waals surface area (Å²) in [5.41, 5.74) is 0. The van der Waals surface area contributed by atoms with Crippen LogP contribution in [0.5, 0.6) is 0 Å². The Morgan fingerprint density at radius 3 is 2.93 bits per heavy atom. The van der Waals surface area contributed by atoms with Gasteiger partial charge >= 0.3 is 0 Å². The van der Waals surface area contributed by atoms with Crippen molar-refractivity contribution in [1.82, 2.24) is 14.8 Å². The standard InChI is InChI=1S/C8H9F2N3O/c9-7(10)8-12-11-6-3-5(4-14)1-2-13(6)8/h4-5,7H,1-3H2. The summed E-state index contributed by atoms with van der Waals surface area (Å²) in [6.45, 7) is 0.408. The third kappa shape index (κ3) is 1.40. The SMILES string of the molecule is O=CC1CCn2c(nnc2C(F)F)C1. The van der Waals surface area contributed by atoms with Crippen molar-refractivity contribution in [3.05, 3.63) is 11.6 Å². The smallest absolute Gasteiger partial charge is 0.297 e. The van der Waals surface area contributed by atoms with Crippen molar-refractivity contribution < 1.29 is 13.6 Å². The lowest BCUT2D eigenvalue weighted by molar-refractivity contribution is -0.111. The highest BCUT2D eigenvalue weighted by Crippen LogP contribution is 2.23. The average molecular weight is 201 g/mol. The van der Waals surface area contributed by atoms with Crippen LogP contribution in [0.4, 0.5) is 8.78 Å². The van der Waals surface area contributed by atoms with E-state index in [4.69, 9.17) is 0 Å². The van der Waals surface area contributed by atoms with Gasteiger partial charge in [0, 0.05) is 18.9 Å². The van der Waals surface area contributed by atoms with Crippen LogP contribution < -0.4 is 0 Å². The van der Waals surface area contributed by atoms with Gasteiger partial charge in [-0.05, 0) is 6.42 Å². The molecular formula is C8H9F2N3O. The number of hydrogen-bond donors (Lipinski definition) is 0. The predicted octanol–water partition coefficient (Wildman–Crippen LogP) is 0.977. The van der Waals surface area contributed by atoms with Crippen molar-refractivity contribution >= 4 is 6.29 Å². The molecule has 0 N–H and O–H groups in total.